The van der Waals surface area contributed by atoms with E-state index in [1.807, 2.05) is 0 Å². The lowest BCUT2D eigenvalue weighted by Crippen LogP contribution is -2.42. The number of amides is 2. The van der Waals surface area contributed by atoms with Crippen molar-refractivity contribution in [1.29, 1.82) is 0 Å². The van der Waals surface area contributed by atoms with Crippen molar-refractivity contribution in [2.24, 2.45) is 0 Å². The van der Waals surface area contributed by atoms with Crippen molar-refractivity contribution in [3.63, 3.8) is 0 Å². The van der Waals surface area contributed by atoms with Crippen LogP contribution in [0.4, 0.5) is 4.79 Å². The van der Waals surface area contributed by atoms with Gasteiger partial charge in [0.15, 0.2) is 0 Å². The Bertz CT molecular complexity index is 1020. The Morgan fingerprint density at radius 3 is 2.66 bits per heavy atom. The van der Waals surface area contributed by atoms with Gasteiger partial charge in [-0.05, 0) is 43.8 Å². The highest BCUT2D eigenvalue weighted by atomic mass is 32.2. The molecule has 0 unspecified atom stereocenters. The third kappa shape index (κ3) is 4.09. The maximum Gasteiger partial charge on any atom is 0.336 e. The minimum absolute atomic E-state index is 0.0805. The molecule has 2 amide bonds. The Labute approximate surface area is 170 Å². The molecule has 1 fully saturated rings. The van der Waals surface area contributed by atoms with Crippen molar-refractivity contribution >= 4 is 40.9 Å². The van der Waals surface area contributed by atoms with E-state index in [-0.39, 0.29) is 22.8 Å². The summed E-state index contributed by atoms with van der Waals surface area (Å²) in [7, 11) is 0. The smallest absolute Gasteiger partial charge is 0.336 e. The predicted octanol–water partition coefficient (Wildman–Crippen LogP) is 3.63. The first-order chi connectivity index (χ1) is 13.8. The normalized spacial score (nSPS) is 16.3. The van der Waals surface area contributed by atoms with Crippen molar-refractivity contribution in [3.8, 4) is 11.3 Å². The fourth-order valence-corrected chi connectivity index (χ4v) is 3.66. The molecule has 2 heterocycles. The van der Waals surface area contributed by atoms with Gasteiger partial charge in [0.25, 0.3) is 11.1 Å². The molecular weight excluding hydrogens is 398 g/mol. The largest absolute Gasteiger partial charge is 0.478 e. The first kappa shape index (κ1) is 20.4. The number of carboxylic acids is 1. The predicted molar refractivity (Wildman–Crippen MR) is 105 cm³/mol. The summed E-state index contributed by atoms with van der Waals surface area (Å²) in [5, 5.41) is 8.73. The number of benzene rings is 1. The summed E-state index contributed by atoms with van der Waals surface area (Å²) in [5.41, 5.74) is 0.473. The van der Waals surface area contributed by atoms with Crippen LogP contribution in [0.25, 0.3) is 17.4 Å². The second-order valence-electron chi connectivity index (χ2n) is 6.03. The van der Waals surface area contributed by atoms with Crippen LogP contribution in [0.3, 0.4) is 0 Å². The maximum absolute atomic E-state index is 12.6. The number of imide groups is 1. The number of carbonyl (C=O) groups is 4. The Morgan fingerprint density at radius 2 is 1.97 bits per heavy atom. The molecule has 1 aromatic carbocycles. The second kappa shape index (κ2) is 8.36. The summed E-state index contributed by atoms with van der Waals surface area (Å²) in [6.07, 6.45) is 1.38. The molecule has 0 radical (unpaired) electrons. The van der Waals surface area contributed by atoms with Gasteiger partial charge in [-0.15, -0.1) is 0 Å². The Hall–Kier alpha value is -3.33. The van der Waals surface area contributed by atoms with Crippen LogP contribution in [-0.2, 0) is 14.3 Å². The molecule has 3 rings (SSSR count). The van der Waals surface area contributed by atoms with Gasteiger partial charge < -0.3 is 14.3 Å². The molecule has 29 heavy (non-hydrogen) atoms. The van der Waals surface area contributed by atoms with Crippen LogP contribution in [0.2, 0.25) is 0 Å². The molecule has 0 bridgehead atoms. The van der Waals surface area contributed by atoms with Crippen LogP contribution >= 0.6 is 11.8 Å². The fourth-order valence-electron chi connectivity index (χ4n) is 2.77. The van der Waals surface area contributed by atoms with Crippen molar-refractivity contribution in [1.82, 2.24) is 4.90 Å². The van der Waals surface area contributed by atoms with Gasteiger partial charge in [-0.25, -0.2) is 9.59 Å². The average Bonchev–Trinajstić information content (AvgIpc) is 3.26. The Balaban J connectivity index is 1.86. The van der Waals surface area contributed by atoms with Gasteiger partial charge in [-0.1, -0.05) is 18.2 Å². The van der Waals surface area contributed by atoms with Crippen LogP contribution in [0.1, 0.15) is 30.0 Å². The number of hydrogen-bond donors (Lipinski definition) is 1. The van der Waals surface area contributed by atoms with Gasteiger partial charge in [0, 0.05) is 11.6 Å². The molecule has 0 saturated carbocycles. The summed E-state index contributed by atoms with van der Waals surface area (Å²) in [6, 6.07) is 8.48. The molecule has 9 heteroatoms. The first-order valence-corrected chi connectivity index (χ1v) is 9.51. The van der Waals surface area contributed by atoms with Crippen molar-refractivity contribution in [2.75, 3.05) is 6.61 Å². The van der Waals surface area contributed by atoms with Crippen LogP contribution in [0, 0.1) is 0 Å². The van der Waals surface area contributed by atoms with Crippen LogP contribution in [0.15, 0.2) is 45.7 Å². The average molecular weight is 415 g/mol. The van der Waals surface area contributed by atoms with Crippen LogP contribution in [0.5, 0.6) is 0 Å². The van der Waals surface area contributed by atoms with E-state index in [1.54, 1.807) is 37.3 Å². The highest BCUT2D eigenvalue weighted by molar-refractivity contribution is 8.18. The Kier molecular flexibility index (Phi) is 5.88. The minimum atomic E-state index is -1.09. The highest BCUT2D eigenvalue weighted by Crippen LogP contribution is 2.35. The van der Waals surface area contributed by atoms with E-state index < -0.39 is 29.1 Å². The lowest BCUT2D eigenvalue weighted by Gasteiger charge is -2.19. The minimum Gasteiger partial charge on any atom is -0.478 e. The standard InChI is InChI=1S/C20H17NO7S/c1-3-27-19(25)11(2)21-17(22)16(29-20(21)26)10-12-8-9-15(28-12)13-6-4-5-7-14(13)18(23)24/h4-11H,3H2,1-2H3,(H,23,24)/b16-10-/t11-/m1/s1. The summed E-state index contributed by atoms with van der Waals surface area (Å²) >= 11 is 0.690. The Morgan fingerprint density at radius 1 is 1.24 bits per heavy atom. The van der Waals surface area contributed by atoms with E-state index in [2.05, 4.69) is 0 Å². The molecule has 1 aromatic heterocycles. The number of esters is 1. The first-order valence-electron chi connectivity index (χ1n) is 8.69. The molecular formula is C20H17NO7S. The zero-order valence-electron chi connectivity index (χ0n) is 15.6. The summed E-state index contributed by atoms with van der Waals surface area (Å²) in [6.45, 7) is 3.20. The molecule has 1 saturated heterocycles. The molecule has 8 nitrogen and oxygen atoms in total. The van der Waals surface area contributed by atoms with Gasteiger partial charge in [0.1, 0.15) is 17.6 Å². The molecule has 1 atom stereocenters. The summed E-state index contributed by atoms with van der Waals surface area (Å²) in [5.74, 6) is -1.79. The number of ether oxygens (including phenoxy) is 1. The molecule has 1 aliphatic heterocycles. The number of rotatable bonds is 6. The molecule has 1 N–H and O–H groups in total. The topological polar surface area (TPSA) is 114 Å². The third-order valence-corrected chi connectivity index (χ3v) is 5.05. The number of nitrogens with zero attached hydrogens (tertiary/aromatic N) is 1. The van der Waals surface area contributed by atoms with Crippen LogP contribution < -0.4 is 0 Å². The van der Waals surface area contributed by atoms with Gasteiger partial charge in [-0.3, -0.25) is 14.5 Å². The van der Waals surface area contributed by atoms with Crippen molar-refractivity contribution in [2.45, 2.75) is 19.9 Å². The van der Waals surface area contributed by atoms with E-state index in [1.165, 1.54) is 19.1 Å². The monoisotopic (exact) mass is 415 g/mol. The molecule has 1 aliphatic rings. The lowest BCUT2D eigenvalue weighted by atomic mass is 10.1. The van der Waals surface area contributed by atoms with E-state index >= 15 is 0 Å². The molecule has 0 spiro atoms. The van der Waals surface area contributed by atoms with E-state index in [0.717, 1.165) is 4.90 Å². The quantitative estimate of drug-likeness (QED) is 0.562. The number of furan rings is 1. The third-order valence-electron chi connectivity index (χ3n) is 4.16. The number of hydrogen-bond acceptors (Lipinski definition) is 7. The van der Waals surface area contributed by atoms with E-state index in [0.29, 0.717) is 23.1 Å². The highest BCUT2D eigenvalue weighted by Gasteiger charge is 2.41. The second-order valence-corrected chi connectivity index (χ2v) is 7.03. The number of carboxylic acid groups (broad SMARTS) is 1. The van der Waals surface area contributed by atoms with Gasteiger partial charge in [-0.2, -0.15) is 0 Å². The van der Waals surface area contributed by atoms with Crippen LogP contribution in [-0.4, -0.2) is 45.7 Å². The zero-order chi connectivity index (χ0) is 21.1. The van der Waals surface area contributed by atoms with Gasteiger partial charge >= 0.3 is 11.9 Å². The zero-order valence-corrected chi connectivity index (χ0v) is 16.4. The van der Waals surface area contributed by atoms with E-state index in [4.69, 9.17) is 9.15 Å². The summed E-state index contributed by atoms with van der Waals surface area (Å²) < 4.78 is 10.5. The lowest BCUT2D eigenvalue weighted by molar-refractivity contribution is -0.150. The molecule has 2 aromatic rings. The van der Waals surface area contributed by atoms with Crippen molar-refractivity contribution in [3.05, 3.63) is 52.6 Å². The molecule has 0 aliphatic carbocycles. The number of carbonyl (C=O) groups excluding carboxylic acids is 3. The number of aromatic carboxylic acids is 1. The van der Waals surface area contributed by atoms with E-state index in [9.17, 15) is 24.3 Å². The maximum atomic E-state index is 12.6. The van der Waals surface area contributed by atoms with Gasteiger partial charge in [0.2, 0.25) is 0 Å². The fraction of sp³-hybridized carbons (Fsp3) is 0.200. The van der Waals surface area contributed by atoms with Crippen molar-refractivity contribution < 1.29 is 33.4 Å². The SMILES string of the molecule is CCOC(=O)[C@@H](C)N1C(=O)S/C(=C\c2ccc(-c3ccccc3C(=O)O)o2)C1=O. The number of thioether (sulfide) groups is 1. The van der Waals surface area contributed by atoms with Gasteiger partial charge in [0.05, 0.1) is 17.1 Å². The summed E-state index contributed by atoms with van der Waals surface area (Å²) in [4.78, 5) is 49.0. The molecule has 150 valence electrons.